The number of aliphatic hydroxyl groups is 1. The summed E-state index contributed by atoms with van der Waals surface area (Å²) in [6.45, 7) is 6.55. The molecule has 18 heavy (non-hydrogen) atoms. The van der Waals surface area contributed by atoms with E-state index >= 15 is 0 Å². The van der Waals surface area contributed by atoms with Crippen molar-refractivity contribution in [1.82, 2.24) is 4.98 Å². The van der Waals surface area contributed by atoms with Crippen molar-refractivity contribution in [2.24, 2.45) is 5.92 Å². The lowest BCUT2D eigenvalue weighted by Crippen LogP contribution is -2.24. The molecule has 2 atom stereocenters. The fourth-order valence-corrected chi connectivity index (χ4v) is 2.51. The third-order valence-corrected chi connectivity index (χ3v) is 3.88. The van der Waals surface area contributed by atoms with Crippen LogP contribution in [0.2, 0.25) is 0 Å². The Labute approximate surface area is 110 Å². The normalized spacial score (nSPS) is 22.6. The number of aliphatic hydroxyl groups excluding tert-OH is 1. The lowest BCUT2D eigenvalue weighted by Gasteiger charge is -2.22. The zero-order valence-electron chi connectivity index (χ0n) is 11.5. The van der Waals surface area contributed by atoms with E-state index in [4.69, 9.17) is 0 Å². The number of anilines is 1. The quantitative estimate of drug-likeness (QED) is 0.892. The van der Waals surface area contributed by atoms with E-state index in [2.05, 4.69) is 22.9 Å². The van der Waals surface area contributed by atoms with Gasteiger partial charge in [-0.3, -0.25) is 4.98 Å². The van der Waals surface area contributed by atoms with Crippen LogP contribution in [0.25, 0.3) is 0 Å². The summed E-state index contributed by atoms with van der Waals surface area (Å²) in [7, 11) is 0. The van der Waals surface area contributed by atoms with Gasteiger partial charge in [-0.15, -0.1) is 0 Å². The van der Waals surface area contributed by atoms with Crippen LogP contribution >= 0.6 is 0 Å². The summed E-state index contributed by atoms with van der Waals surface area (Å²) in [4.78, 5) is 6.80. The van der Waals surface area contributed by atoms with E-state index < -0.39 is 6.10 Å². The Morgan fingerprint density at radius 3 is 2.89 bits per heavy atom. The van der Waals surface area contributed by atoms with Gasteiger partial charge in [-0.05, 0) is 43.7 Å². The lowest BCUT2D eigenvalue weighted by molar-refractivity contribution is 0.169. The van der Waals surface area contributed by atoms with Crippen LogP contribution in [0.1, 0.15) is 51.3 Å². The van der Waals surface area contributed by atoms with Crippen molar-refractivity contribution in [2.75, 3.05) is 18.0 Å². The van der Waals surface area contributed by atoms with Crippen molar-refractivity contribution in [2.45, 2.75) is 45.6 Å². The first-order valence-corrected chi connectivity index (χ1v) is 7.09. The molecule has 0 spiro atoms. The van der Waals surface area contributed by atoms with Crippen LogP contribution in [0.5, 0.6) is 0 Å². The van der Waals surface area contributed by atoms with E-state index in [1.54, 1.807) is 0 Å². The molecule has 1 saturated heterocycles. The van der Waals surface area contributed by atoms with Gasteiger partial charge in [0.2, 0.25) is 0 Å². The molecule has 2 heterocycles. The van der Waals surface area contributed by atoms with Crippen molar-refractivity contribution in [3.63, 3.8) is 0 Å². The topological polar surface area (TPSA) is 36.4 Å². The number of pyridine rings is 1. The Morgan fingerprint density at radius 1 is 1.39 bits per heavy atom. The van der Waals surface area contributed by atoms with Crippen LogP contribution in [-0.4, -0.2) is 23.2 Å². The molecule has 1 aromatic heterocycles. The van der Waals surface area contributed by atoms with Crippen molar-refractivity contribution < 1.29 is 5.11 Å². The predicted molar refractivity (Wildman–Crippen MR) is 74.7 cm³/mol. The van der Waals surface area contributed by atoms with Gasteiger partial charge in [0.15, 0.2) is 0 Å². The molecule has 0 aliphatic carbocycles. The average molecular weight is 248 g/mol. The molecule has 1 fully saturated rings. The second kappa shape index (κ2) is 6.19. The minimum Gasteiger partial charge on any atom is -0.387 e. The molecule has 3 nitrogen and oxygen atoms in total. The number of hydrogen-bond donors (Lipinski definition) is 1. The lowest BCUT2D eigenvalue weighted by atomic mass is 10.0. The van der Waals surface area contributed by atoms with Gasteiger partial charge in [0.05, 0.1) is 23.7 Å². The van der Waals surface area contributed by atoms with Crippen LogP contribution in [0.4, 0.5) is 5.69 Å². The molecule has 3 heteroatoms. The molecule has 1 aliphatic heterocycles. The van der Waals surface area contributed by atoms with Gasteiger partial charge in [-0.2, -0.15) is 0 Å². The number of hydrogen-bond acceptors (Lipinski definition) is 3. The van der Waals surface area contributed by atoms with Gasteiger partial charge >= 0.3 is 0 Å². The third-order valence-electron chi connectivity index (χ3n) is 3.88. The second-order valence-corrected chi connectivity index (χ2v) is 5.39. The summed E-state index contributed by atoms with van der Waals surface area (Å²) in [5, 5.41) is 9.73. The van der Waals surface area contributed by atoms with Gasteiger partial charge in [-0.25, -0.2) is 0 Å². The Hall–Kier alpha value is -1.09. The van der Waals surface area contributed by atoms with E-state index in [9.17, 15) is 5.11 Å². The molecule has 1 N–H and O–H groups in total. The van der Waals surface area contributed by atoms with Gasteiger partial charge in [0.25, 0.3) is 0 Å². The Morgan fingerprint density at radius 2 is 2.22 bits per heavy atom. The Kier molecular flexibility index (Phi) is 4.59. The molecule has 2 rings (SSSR count). The molecule has 1 aliphatic rings. The number of rotatable bonds is 3. The molecule has 1 aromatic rings. The first-order valence-electron chi connectivity index (χ1n) is 7.09. The SMILES string of the molecule is CC[C@@H](O)c1ccc(N2CCCC(C)CC2)cn1. The van der Waals surface area contributed by atoms with Crippen molar-refractivity contribution in [3.8, 4) is 0 Å². The maximum Gasteiger partial charge on any atom is 0.0957 e. The van der Waals surface area contributed by atoms with E-state index in [1.807, 2.05) is 19.2 Å². The van der Waals surface area contributed by atoms with Gasteiger partial charge in [0, 0.05) is 13.1 Å². The molecular weight excluding hydrogens is 224 g/mol. The van der Waals surface area contributed by atoms with Crippen molar-refractivity contribution in [1.29, 1.82) is 0 Å². The molecule has 100 valence electrons. The highest BCUT2D eigenvalue weighted by Gasteiger charge is 2.15. The summed E-state index contributed by atoms with van der Waals surface area (Å²) in [6.07, 6.45) is 6.05. The maximum atomic E-state index is 9.73. The fourth-order valence-electron chi connectivity index (χ4n) is 2.51. The highest BCUT2D eigenvalue weighted by atomic mass is 16.3. The van der Waals surface area contributed by atoms with E-state index in [-0.39, 0.29) is 0 Å². The van der Waals surface area contributed by atoms with E-state index in [0.717, 1.165) is 24.7 Å². The summed E-state index contributed by atoms with van der Waals surface area (Å²) >= 11 is 0. The molecule has 0 radical (unpaired) electrons. The average Bonchev–Trinajstić information content (AvgIpc) is 2.63. The van der Waals surface area contributed by atoms with Crippen molar-refractivity contribution >= 4 is 5.69 Å². The van der Waals surface area contributed by atoms with Crippen LogP contribution in [-0.2, 0) is 0 Å². The smallest absolute Gasteiger partial charge is 0.0957 e. The molecule has 0 aromatic carbocycles. The largest absolute Gasteiger partial charge is 0.387 e. The monoisotopic (exact) mass is 248 g/mol. The van der Waals surface area contributed by atoms with Crippen LogP contribution < -0.4 is 4.90 Å². The Bertz CT molecular complexity index is 363. The molecular formula is C15H24N2O. The van der Waals surface area contributed by atoms with E-state index in [1.165, 1.54) is 24.9 Å². The fraction of sp³-hybridized carbons (Fsp3) is 0.667. The van der Waals surface area contributed by atoms with Crippen LogP contribution in [0.15, 0.2) is 18.3 Å². The zero-order chi connectivity index (χ0) is 13.0. The second-order valence-electron chi connectivity index (χ2n) is 5.39. The van der Waals surface area contributed by atoms with Crippen LogP contribution in [0.3, 0.4) is 0 Å². The molecule has 0 bridgehead atoms. The Balaban J connectivity index is 2.04. The summed E-state index contributed by atoms with van der Waals surface area (Å²) in [6, 6.07) is 4.05. The minimum atomic E-state index is -0.428. The first kappa shape index (κ1) is 13.3. The molecule has 0 saturated carbocycles. The maximum absolute atomic E-state index is 9.73. The third kappa shape index (κ3) is 3.22. The van der Waals surface area contributed by atoms with Gasteiger partial charge in [0.1, 0.15) is 0 Å². The highest BCUT2D eigenvalue weighted by Crippen LogP contribution is 2.23. The summed E-state index contributed by atoms with van der Waals surface area (Å²) < 4.78 is 0. The summed E-state index contributed by atoms with van der Waals surface area (Å²) in [5.41, 5.74) is 1.97. The standard InChI is InChI=1S/C15H24N2O/c1-3-15(18)14-7-6-13(11-16-14)17-9-4-5-12(2)8-10-17/h6-7,11-12,15,18H,3-5,8-10H2,1-2H3/t12?,15-/m1/s1. The number of nitrogens with zero attached hydrogens (tertiary/aromatic N) is 2. The van der Waals surface area contributed by atoms with Gasteiger partial charge < -0.3 is 10.0 Å². The predicted octanol–water partition coefficient (Wildman–Crippen LogP) is 3.15. The van der Waals surface area contributed by atoms with Gasteiger partial charge in [-0.1, -0.05) is 13.8 Å². The van der Waals surface area contributed by atoms with Crippen molar-refractivity contribution in [3.05, 3.63) is 24.0 Å². The molecule has 0 amide bonds. The summed E-state index contributed by atoms with van der Waals surface area (Å²) in [5.74, 6) is 0.837. The first-order chi connectivity index (χ1) is 8.70. The highest BCUT2D eigenvalue weighted by molar-refractivity contribution is 5.44. The number of aromatic nitrogens is 1. The zero-order valence-corrected chi connectivity index (χ0v) is 11.5. The minimum absolute atomic E-state index is 0.428. The van der Waals surface area contributed by atoms with E-state index in [0.29, 0.717) is 6.42 Å². The molecule has 1 unspecified atom stereocenters. The van der Waals surface area contributed by atoms with Crippen LogP contribution in [0, 0.1) is 5.92 Å².